The predicted octanol–water partition coefficient (Wildman–Crippen LogP) is 6.23. The number of halogens is 1. The lowest BCUT2D eigenvalue weighted by Crippen LogP contribution is -2.55. The third kappa shape index (κ3) is 3.46. The van der Waals surface area contributed by atoms with Crippen molar-refractivity contribution < 1.29 is 9.13 Å². The second-order valence-electron chi connectivity index (χ2n) is 11.6. The lowest BCUT2D eigenvalue weighted by atomic mass is 9.58. The molecule has 2 aliphatic heterocycles. The molecule has 6 atom stereocenters. The molecule has 4 heteroatoms. The summed E-state index contributed by atoms with van der Waals surface area (Å²) in [6.45, 7) is 9.22. The number of nitrogens with zero attached hydrogens (tertiary/aromatic N) is 2. The van der Waals surface area contributed by atoms with Crippen LogP contribution >= 0.6 is 0 Å². The van der Waals surface area contributed by atoms with Crippen LogP contribution in [0.5, 0.6) is 0 Å². The lowest BCUT2D eigenvalue weighted by molar-refractivity contribution is -0.141. The Balaban J connectivity index is 1.45. The number of allylic oxidation sites excluding steroid dienone is 4. The van der Waals surface area contributed by atoms with E-state index in [0.29, 0.717) is 24.4 Å². The second-order valence-corrected chi connectivity index (χ2v) is 11.6. The molecular formula is C29H41FN2O. The van der Waals surface area contributed by atoms with E-state index in [9.17, 15) is 4.39 Å². The maximum Gasteiger partial charge on any atom is 0.102 e. The third-order valence-corrected chi connectivity index (χ3v) is 9.97. The smallest absolute Gasteiger partial charge is 0.102 e. The molecule has 0 N–H and O–H groups in total. The van der Waals surface area contributed by atoms with Crippen LogP contribution in [0.2, 0.25) is 0 Å². The van der Waals surface area contributed by atoms with Crippen LogP contribution in [0.15, 0.2) is 52.1 Å². The predicted molar refractivity (Wildman–Crippen MR) is 134 cm³/mol. The standard InChI is InChI=1S/C29H41FN2O/c1-20(19-31-4)16-21(2)25-8-9-26-27(25,3)11-10-23-17-22-6-7-24(32(5)15-14-30)18-28(22)12-13-29(23,26)33-28/h10,16-17,19,24-26H,1,6-9,11-15,18H2,2-5H3/b21-16+,31-19?/t24?,25?,26-,27?,28-,29-/m1/s1. The van der Waals surface area contributed by atoms with Crippen LogP contribution in [0.25, 0.3) is 0 Å². The highest BCUT2D eigenvalue weighted by atomic mass is 19.1. The molecule has 5 aliphatic rings. The summed E-state index contributed by atoms with van der Waals surface area (Å²) in [4.78, 5) is 6.36. The van der Waals surface area contributed by atoms with E-state index in [1.807, 2.05) is 6.21 Å². The van der Waals surface area contributed by atoms with E-state index in [-0.39, 0.29) is 23.3 Å². The lowest BCUT2D eigenvalue weighted by Gasteiger charge is -2.55. The van der Waals surface area contributed by atoms with Gasteiger partial charge in [-0.15, -0.1) is 0 Å². The molecule has 0 radical (unpaired) electrons. The van der Waals surface area contributed by atoms with Gasteiger partial charge in [0.25, 0.3) is 0 Å². The molecule has 2 bridgehead atoms. The highest BCUT2D eigenvalue weighted by Gasteiger charge is 2.66. The Hall–Kier alpha value is -1.52. The van der Waals surface area contributed by atoms with Crippen LogP contribution in [-0.4, -0.2) is 55.7 Å². The minimum absolute atomic E-state index is 0.127. The molecule has 3 fully saturated rings. The SMILES string of the molecule is C=C(C=NC)/C=C(\C)C1CC[C@@H]2C1(C)CC=C1C=C3CCC(N(C)CCF)C[C@]34CC[C@@]12O4. The Kier molecular flexibility index (Phi) is 5.85. The molecule has 2 heterocycles. The van der Waals surface area contributed by atoms with Gasteiger partial charge in [-0.1, -0.05) is 37.3 Å². The first kappa shape index (κ1) is 23.2. The highest BCUT2D eigenvalue weighted by Crippen LogP contribution is 2.68. The Morgan fingerprint density at radius 1 is 1.33 bits per heavy atom. The molecule has 0 aromatic rings. The monoisotopic (exact) mass is 452 g/mol. The summed E-state index contributed by atoms with van der Waals surface area (Å²) in [6, 6.07) is 0.418. The minimum atomic E-state index is -0.272. The average molecular weight is 453 g/mol. The van der Waals surface area contributed by atoms with E-state index in [2.05, 4.69) is 55.6 Å². The van der Waals surface area contributed by atoms with Crippen molar-refractivity contribution in [1.29, 1.82) is 0 Å². The highest BCUT2D eigenvalue weighted by molar-refractivity contribution is 5.81. The second kappa shape index (κ2) is 8.30. The molecule has 3 aliphatic carbocycles. The molecule has 2 spiro atoms. The van der Waals surface area contributed by atoms with Crippen LogP contribution in [0, 0.1) is 17.3 Å². The van der Waals surface area contributed by atoms with Crippen molar-refractivity contribution in [1.82, 2.24) is 4.90 Å². The summed E-state index contributed by atoms with van der Waals surface area (Å²) in [5.74, 6) is 1.10. The van der Waals surface area contributed by atoms with Gasteiger partial charge in [0.1, 0.15) is 6.67 Å². The molecule has 1 saturated heterocycles. The summed E-state index contributed by atoms with van der Waals surface area (Å²) < 4.78 is 20.4. The van der Waals surface area contributed by atoms with Crippen LogP contribution in [0.4, 0.5) is 4.39 Å². The average Bonchev–Trinajstić information content (AvgIpc) is 3.29. The van der Waals surface area contributed by atoms with Crippen molar-refractivity contribution in [3.05, 3.63) is 47.1 Å². The molecule has 180 valence electrons. The van der Waals surface area contributed by atoms with Crippen molar-refractivity contribution in [3.8, 4) is 0 Å². The van der Waals surface area contributed by atoms with Gasteiger partial charge in [0.2, 0.25) is 0 Å². The number of hydrogen-bond acceptors (Lipinski definition) is 3. The van der Waals surface area contributed by atoms with E-state index in [1.165, 1.54) is 29.6 Å². The molecule has 5 rings (SSSR count). The zero-order valence-electron chi connectivity index (χ0n) is 21.0. The van der Waals surface area contributed by atoms with Gasteiger partial charge in [0, 0.05) is 25.8 Å². The number of aliphatic imine (C=N–C) groups is 1. The van der Waals surface area contributed by atoms with Gasteiger partial charge in [-0.3, -0.25) is 4.99 Å². The van der Waals surface area contributed by atoms with Crippen molar-refractivity contribution in [3.63, 3.8) is 0 Å². The number of ether oxygens (including phenoxy) is 1. The molecule has 0 aromatic heterocycles. The normalized spacial score (nSPS) is 42.1. The maximum absolute atomic E-state index is 13.0. The van der Waals surface area contributed by atoms with Gasteiger partial charge in [-0.05, 0) is 99.3 Å². The van der Waals surface area contributed by atoms with E-state index in [0.717, 1.165) is 44.1 Å². The quantitative estimate of drug-likeness (QED) is 0.352. The Bertz CT molecular complexity index is 947. The molecule has 3 unspecified atom stereocenters. The largest absolute Gasteiger partial charge is 0.359 e. The zero-order chi connectivity index (χ0) is 23.4. The first-order chi connectivity index (χ1) is 15.8. The Labute approximate surface area is 199 Å². The fourth-order valence-corrected chi connectivity index (χ4v) is 8.42. The Morgan fingerprint density at radius 2 is 2.15 bits per heavy atom. The summed E-state index contributed by atoms with van der Waals surface area (Å²) in [5, 5.41) is 0. The summed E-state index contributed by atoms with van der Waals surface area (Å²) in [5.41, 5.74) is 5.35. The maximum atomic E-state index is 13.0. The zero-order valence-corrected chi connectivity index (χ0v) is 21.0. The van der Waals surface area contributed by atoms with Gasteiger partial charge in [-0.25, -0.2) is 4.39 Å². The number of hydrogen-bond donors (Lipinski definition) is 0. The fourth-order valence-electron chi connectivity index (χ4n) is 8.42. The Morgan fingerprint density at radius 3 is 2.91 bits per heavy atom. The molecule has 2 saturated carbocycles. The van der Waals surface area contributed by atoms with Crippen LogP contribution in [0.3, 0.4) is 0 Å². The van der Waals surface area contributed by atoms with E-state index in [1.54, 1.807) is 7.05 Å². The third-order valence-electron chi connectivity index (χ3n) is 9.97. The van der Waals surface area contributed by atoms with Crippen LogP contribution in [0.1, 0.15) is 65.2 Å². The fraction of sp³-hybridized carbons (Fsp3) is 0.690. The number of alkyl halides is 1. The molecule has 3 nitrogen and oxygen atoms in total. The summed E-state index contributed by atoms with van der Waals surface area (Å²) in [6.07, 6.45) is 18.2. The molecular weight excluding hydrogens is 411 g/mol. The van der Waals surface area contributed by atoms with Crippen molar-refractivity contribution >= 4 is 6.21 Å². The van der Waals surface area contributed by atoms with Gasteiger partial charge >= 0.3 is 0 Å². The minimum Gasteiger partial charge on any atom is -0.359 e. The van der Waals surface area contributed by atoms with Gasteiger partial charge in [0.15, 0.2) is 0 Å². The first-order valence-corrected chi connectivity index (χ1v) is 13.0. The van der Waals surface area contributed by atoms with Gasteiger partial charge in [0.05, 0.1) is 11.2 Å². The molecule has 33 heavy (non-hydrogen) atoms. The van der Waals surface area contributed by atoms with Crippen LogP contribution in [-0.2, 0) is 4.74 Å². The van der Waals surface area contributed by atoms with Crippen molar-refractivity contribution in [2.24, 2.45) is 22.2 Å². The van der Waals surface area contributed by atoms with Gasteiger partial charge in [-0.2, -0.15) is 0 Å². The molecule has 0 aromatic carbocycles. The van der Waals surface area contributed by atoms with Gasteiger partial charge < -0.3 is 9.64 Å². The van der Waals surface area contributed by atoms with E-state index in [4.69, 9.17) is 4.74 Å². The van der Waals surface area contributed by atoms with E-state index < -0.39 is 0 Å². The summed E-state index contributed by atoms with van der Waals surface area (Å²) >= 11 is 0. The van der Waals surface area contributed by atoms with Crippen molar-refractivity contribution in [2.75, 3.05) is 27.3 Å². The topological polar surface area (TPSA) is 24.8 Å². The molecule has 0 amide bonds. The van der Waals surface area contributed by atoms with Crippen LogP contribution < -0.4 is 0 Å². The number of rotatable bonds is 6. The summed E-state index contributed by atoms with van der Waals surface area (Å²) in [7, 11) is 3.89. The first-order valence-electron chi connectivity index (χ1n) is 13.0. The van der Waals surface area contributed by atoms with Crippen molar-refractivity contribution in [2.45, 2.75) is 82.5 Å². The van der Waals surface area contributed by atoms with E-state index >= 15 is 0 Å². The number of fused-ring (bicyclic) bond motifs is 1.